The molecule has 0 aromatic heterocycles. The highest BCUT2D eigenvalue weighted by atomic mass is 16.5. The van der Waals surface area contributed by atoms with Gasteiger partial charge in [0.2, 0.25) is 0 Å². The van der Waals surface area contributed by atoms with Crippen LogP contribution in [-0.2, 0) is 4.74 Å². The predicted octanol–water partition coefficient (Wildman–Crippen LogP) is 2.84. The zero-order valence-electron chi connectivity index (χ0n) is 11.4. The molecule has 1 fully saturated rings. The first-order valence-electron chi connectivity index (χ1n) is 7.39. The van der Waals surface area contributed by atoms with Crippen molar-refractivity contribution in [3.63, 3.8) is 0 Å². The number of rotatable bonds is 4. The molecule has 2 aliphatic rings. The quantitative estimate of drug-likeness (QED) is 0.906. The summed E-state index contributed by atoms with van der Waals surface area (Å²) >= 11 is 0. The van der Waals surface area contributed by atoms with E-state index in [1.165, 1.54) is 24.8 Å². The van der Waals surface area contributed by atoms with Crippen LogP contribution in [0.2, 0.25) is 0 Å². The lowest BCUT2D eigenvalue weighted by molar-refractivity contribution is -0.0696. The molecule has 0 amide bonds. The summed E-state index contributed by atoms with van der Waals surface area (Å²) in [6.07, 6.45) is 6.03. The number of benzene rings is 1. The van der Waals surface area contributed by atoms with Crippen molar-refractivity contribution < 1.29 is 9.47 Å². The Labute approximate surface area is 115 Å². The monoisotopic (exact) mass is 261 g/mol. The van der Waals surface area contributed by atoms with Gasteiger partial charge in [0.25, 0.3) is 0 Å². The molecule has 1 aliphatic carbocycles. The van der Waals surface area contributed by atoms with Gasteiger partial charge in [0.15, 0.2) is 0 Å². The maximum absolute atomic E-state index is 6.26. The van der Waals surface area contributed by atoms with Crippen LogP contribution in [0.4, 0.5) is 0 Å². The molecule has 1 heterocycles. The van der Waals surface area contributed by atoms with Crippen LogP contribution in [0.1, 0.15) is 43.6 Å². The molecule has 0 saturated heterocycles. The fourth-order valence-corrected chi connectivity index (χ4v) is 3.25. The van der Waals surface area contributed by atoms with Crippen LogP contribution < -0.4 is 10.5 Å². The largest absolute Gasteiger partial charge is 0.493 e. The van der Waals surface area contributed by atoms with Crippen LogP contribution in [0.5, 0.6) is 5.75 Å². The lowest BCUT2D eigenvalue weighted by Crippen LogP contribution is -2.43. The first kappa shape index (κ1) is 12.9. The second-order valence-electron chi connectivity index (χ2n) is 5.80. The Morgan fingerprint density at radius 1 is 1.21 bits per heavy atom. The summed E-state index contributed by atoms with van der Waals surface area (Å²) in [5.74, 6) is 1.38. The zero-order chi connectivity index (χ0) is 13.1. The van der Waals surface area contributed by atoms with Gasteiger partial charge in [-0.2, -0.15) is 0 Å². The topological polar surface area (TPSA) is 44.5 Å². The van der Waals surface area contributed by atoms with Gasteiger partial charge in [0.1, 0.15) is 5.75 Å². The van der Waals surface area contributed by atoms with Crippen LogP contribution in [0.25, 0.3) is 0 Å². The molecule has 0 spiro atoms. The fraction of sp³-hybridized carbons (Fsp3) is 0.625. The lowest BCUT2D eigenvalue weighted by atomic mass is 9.84. The third-order valence-electron chi connectivity index (χ3n) is 4.53. The van der Waals surface area contributed by atoms with E-state index in [0.29, 0.717) is 12.5 Å². The van der Waals surface area contributed by atoms with Gasteiger partial charge in [-0.05, 0) is 18.9 Å². The predicted molar refractivity (Wildman–Crippen MR) is 75.5 cm³/mol. The van der Waals surface area contributed by atoms with Crippen molar-refractivity contribution in [3.05, 3.63) is 29.8 Å². The molecule has 0 bridgehead atoms. The third kappa shape index (κ3) is 2.63. The molecule has 1 aromatic carbocycles. The highest BCUT2D eigenvalue weighted by Crippen LogP contribution is 2.36. The van der Waals surface area contributed by atoms with Crippen LogP contribution >= 0.6 is 0 Å². The minimum Gasteiger partial charge on any atom is -0.493 e. The van der Waals surface area contributed by atoms with E-state index in [1.54, 1.807) is 0 Å². The van der Waals surface area contributed by atoms with Crippen LogP contribution in [0.3, 0.4) is 0 Å². The standard InChI is InChI=1S/C16H23NO2/c17-12-16(8-4-1-5-9-16)19-11-13-10-18-15-7-3-2-6-14(13)15/h2-3,6-7,13H,1,4-5,8-12,17H2. The Bertz CT molecular complexity index is 427. The lowest BCUT2D eigenvalue weighted by Gasteiger charge is -2.37. The van der Waals surface area contributed by atoms with E-state index in [-0.39, 0.29) is 5.60 Å². The number of nitrogens with two attached hydrogens (primary N) is 1. The molecule has 1 aromatic rings. The van der Waals surface area contributed by atoms with Crippen molar-refractivity contribution in [2.45, 2.75) is 43.6 Å². The van der Waals surface area contributed by atoms with Gasteiger partial charge in [-0.25, -0.2) is 0 Å². The molecule has 3 nitrogen and oxygen atoms in total. The number of hydrogen-bond donors (Lipinski definition) is 1. The maximum atomic E-state index is 6.26. The highest BCUT2D eigenvalue weighted by Gasteiger charge is 2.33. The number of hydrogen-bond acceptors (Lipinski definition) is 3. The van der Waals surface area contributed by atoms with Gasteiger partial charge in [-0.15, -0.1) is 0 Å². The highest BCUT2D eigenvalue weighted by molar-refractivity contribution is 5.39. The van der Waals surface area contributed by atoms with Gasteiger partial charge < -0.3 is 15.2 Å². The molecular formula is C16H23NO2. The summed E-state index contributed by atoms with van der Waals surface area (Å²) in [6, 6.07) is 8.27. The van der Waals surface area contributed by atoms with Crippen molar-refractivity contribution >= 4 is 0 Å². The van der Waals surface area contributed by atoms with E-state index >= 15 is 0 Å². The van der Waals surface area contributed by atoms with Gasteiger partial charge in [-0.3, -0.25) is 0 Å². The van der Waals surface area contributed by atoms with E-state index in [2.05, 4.69) is 12.1 Å². The van der Waals surface area contributed by atoms with Crippen molar-refractivity contribution in [2.75, 3.05) is 19.8 Å². The smallest absolute Gasteiger partial charge is 0.123 e. The first-order chi connectivity index (χ1) is 9.33. The molecule has 1 saturated carbocycles. The number of ether oxygens (including phenoxy) is 2. The SMILES string of the molecule is NCC1(OCC2COc3ccccc32)CCCCC1. The summed E-state index contributed by atoms with van der Waals surface area (Å²) in [7, 11) is 0. The Morgan fingerprint density at radius 2 is 2.00 bits per heavy atom. The summed E-state index contributed by atoms with van der Waals surface area (Å²) in [5.41, 5.74) is 7.17. The second-order valence-corrected chi connectivity index (χ2v) is 5.80. The molecule has 2 N–H and O–H groups in total. The molecular weight excluding hydrogens is 238 g/mol. The second kappa shape index (κ2) is 5.51. The molecule has 3 heteroatoms. The van der Waals surface area contributed by atoms with E-state index in [9.17, 15) is 0 Å². The van der Waals surface area contributed by atoms with E-state index in [0.717, 1.165) is 31.8 Å². The van der Waals surface area contributed by atoms with Gasteiger partial charge in [0.05, 0.1) is 18.8 Å². The molecule has 104 valence electrons. The average molecular weight is 261 g/mol. The first-order valence-corrected chi connectivity index (χ1v) is 7.39. The minimum absolute atomic E-state index is 0.0736. The van der Waals surface area contributed by atoms with Crippen molar-refractivity contribution in [1.29, 1.82) is 0 Å². The van der Waals surface area contributed by atoms with E-state index in [1.807, 2.05) is 12.1 Å². The molecule has 19 heavy (non-hydrogen) atoms. The average Bonchev–Trinajstić information content (AvgIpc) is 2.89. The number of fused-ring (bicyclic) bond motifs is 1. The Morgan fingerprint density at radius 3 is 2.79 bits per heavy atom. The Kier molecular flexibility index (Phi) is 3.76. The van der Waals surface area contributed by atoms with E-state index in [4.69, 9.17) is 15.2 Å². The normalized spacial score (nSPS) is 24.8. The Balaban J connectivity index is 1.63. The fourth-order valence-electron chi connectivity index (χ4n) is 3.25. The molecule has 0 radical (unpaired) electrons. The van der Waals surface area contributed by atoms with Crippen molar-refractivity contribution in [3.8, 4) is 5.75 Å². The molecule has 1 aliphatic heterocycles. The third-order valence-corrected chi connectivity index (χ3v) is 4.53. The van der Waals surface area contributed by atoms with Crippen LogP contribution in [-0.4, -0.2) is 25.4 Å². The summed E-state index contributed by atoms with van der Waals surface area (Å²) < 4.78 is 12.0. The van der Waals surface area contributed by atoms with Crippen molar-refractivity contribution in [1.82, 2.24) is 0 Å². The Hall–Kier alpha value is -1.06. The molecule has 1 unspecified atom stereocenters. The molecule has 1 atom stereocenters. The van der Waals surface area contributed by atoms with Gasteiger partial charge in [0, 0.05) is 18.0 Å². The summed E-state index contributed by atoms with van der Waals surface area (Å²) in [4.78, 5) is 0. The van der Waals surface area contributed by atoms with Gasteiger partial charge >= 0.3 is 0 Å². The maximum Gasteiger partial charge on any atom is 0.123 e. The minimum atomic E-state index is -0.0736. The summed E-state index contributed by atoms with van der Waals surface area (Å²) in [6.45, 7) is 2.11. The number of para-hydroxylation sites is 1. The van der Waals surface area contributed by atoms with Crippen molar-refractivity contribution in [2.24, 2.45) is 5.73 Å². The zero-order valence-corrected chi connectivity index (χ0v) is 11.4. The molecule has 3 rings (SSSR count). The summed E-state index contributed by atoms with van der Waals surface area (Å²) in [5, 5.41) is 0. The van der Waals surface area contributed by atoms with Gasteiger partial charge in [-0.1, -0.05) is 37.5 Å². The van der Waals surface area contributed by atoms with Crippen LogP contribution in [0, 0.1) is 0 Å². The van der Waals surface area contributed by atoms with E-state index < -0.39 is 0 Å². The van der Waals surface area contributed by atoms with Crippen LogP contribution in [0.15, 0.2) is 24.3 Å².